The zero-order valence-corrected chi connectivity index (χ0v) is 11.6. The maximum absolute atomic E-state index is 11.8. The number of rotatable bonds is 4. The molecule has 0 radical (unpaired) electrons. The van der Waals surface area contributed by atoms with Gasteiger partial charge in [-0.3, -0.25) is 4.79 Å². The molecule has 2 N–H and O–H groups in total. The summed E-state index contributed by atoms with van der Waals surface area (Å²) in [5, 5.41) is 9.83. The van der Waals surface area contributed by atoms with Crippen LogP contribution in [0.1, 0.15) is 17.5 Å². The molecule has 0 bridgehead atoms. The Kier molecular flexibility index (Phi) is 3.87. The average Bonchev–Trinajstić information content (AvgIpc) is 2.78. The number of hydrogen-bond donors (Lipinski definition) is 2. The first-order valence-electron chi connectivity index (χ1n) is 5.43. The highest BCUT2D eigenvalue weighted by Gasteiger charge is 2.13. The molecule has 2 aromatic rings. The van der Waals surface area contributed by atoms with Gasteiger partial charge in [0.25, 0.3) is 11.7 Å². The molecule has 7 nitrogen and oxygen atoms in total. The number of likely N-dealkylation sites (N-methyl/N-ethyl adjacent to an activating group) is 1. The van der Waals surface area contributed by atoms with E-state index in [0.717, 1.165) is 4.47 Å². The molecule has 2 heterocycles. The highest BCUT2D eigenvalue weighted by molar-refractivity contribution is 9.10. The van der Waals surface area contributed by atoms with E-state index in [-0.39, 0.29) is 17.8 Å². The Hall–Kier alpha value is -1.54. The second kappa shape index (κ2) is 5.40. The minimum atomic E-state index is -0.307. The molecule has 96 valence electrons. The lowest BCUT2D eigenvalue weighted by Crippen LogP contribution is -2.37. The highest BCUT2D eigenvalue weighted by atomic mass is 79.9. The van der Waals surface area contributed by atoms with Crippen LogP contribution in [0.4, 0.5) is 0 Å². The molecule has 0 aliphatic carbocycles. The number of aromatic nitrogens is 4. The first-order chi connectivity index (χ1) is 8.60. The second-order valence-corrected chi connectivity index (χ2v) is 4.77. The molecule has 0 aromatic carbocycles. The molecule has 0 aliphatic heterocycles. The van der Waals surface area contributed by atoms with Crippen molar-refractivity contribution in [2.75, 3.05) is 13.6 Å². The summed E-state index contributed by atoms with van der Waals surface area (Å²) in [6.45, 7) is 2.48. The number of amides is 1. The summed E-state index contributed by atoms with van der Waals surface area (Å²) in [6.07, 6.45) is 3.30. The SMILES string of the molecule is CNC(C)CNC(=O)c1nc2ncc(Br)cn2n1. The van der Waals surface area contributed by atoms with Crippen LogP contribution in [0, 0.1) is 0 Å². The Morgan fingerprint density at radius 3 is 3.11 bits per heavy atom. The Balaban J connectivity index is 2.13. The van der Waals surface area contributed by atoms with Crippen LogP contribution in [-0.4, -0.2) is 45.1 Å². The van der Waals surface area contributed by atoms with Crippen molar-refractivity contribution < 1.29 is 4.79 Å². The smallest absolute Gasteiger partial charge is 0.291 e. The fourth-order valence-corrected chi connectivity index (χ4v) is 1.58. The van der Waals surface area contributed by atoms with Gasteiger partial charge in [-0.15, -0.1) is 5.10 Å². The van der Waals surface area contributed by atoms with Crippen LogP contribution in [0.3, 0.4) is 0 Å². The number of hydrogen-bond acceptors (Lipinski definition) is 5. The minimum Gasteiger partial charge on any atom is -0.348 e. The van der Waals surface area contributed by atoms with E-state index in [9.17, 15) is 4.79 Å². The van der Waals surface area contributed by atoms with Crippen molar-refractivity contribution in [3.05, 3.63) is 22.7 Å². The number of nitrogens with one attached hydrogen (secondary N) is 2. The lowest BCUT2D eigenvalue weighted by atomic mass is 10.3. The molecule has 0 saturated heterocycles. The van der Waals surface area contributed by atoms with Crippen LogP contribution in [-0.2, 0) is 0 Å². The quantitative estimate of drug-likeness (QED) is 0.844. The largest absolute Gasteiger partial charge is 0.348 e. The third kappa shape index (κ3) is 2.82. The molecule has 2 rings (SSSR count). The Morgan fingerprint density at radius 2 is 2.39 bits per heavy atom. The van der Waals surface area contributed by atoms with Crippen LogP contribution in [0.5, 0.6) is 0 Å². The van der Waals surface area contributed by atoms with Gasteiger partial charge in [-0.2, -0.15) is 4.98 Å². The van der Waals surface area contributed by atoms with Gasteiger partial charge in [0.15, 0.2) is 0 Å². The molecule has 18 heavy (non-hydrogen) atoms. The fraction of sp³-hybridized carbons (Fsp3) is 0.400. The Bertz CT molecular complexity index is 568. The summed E-state index contributed by atoms with van der Waals surface area (Å²) in [7, 11) is 1.83. The van der Waals surface area contributed by atoms with Crippen molar-refractivity contribution in [2.24, 2.45) is 0 Å². The van der Waals surface area contributed by atoms with E-state index in [1.54, 1.807) is 12.4 Å². The number of fused-ring (bicyclic) bond motifs is 1. The lowest BCUT2D eigenvalue weighted by molar-refractivity contribution is 0.0940. The van der Waals surface area contributed by atoms with Crippen molar-refractivity contribution in [3.8, 4) is 0 Å². The van der Waals surface area contributed by atoms with Gasteiger partial charge in [-0.05, 0) is 29.9 Å². The van der Waals surface area contributed by atoms with Gasteiger partial charge in [-0.1, -0.05) is 0 Å². The Morgan fingerprint density at radius 1 is 1.61 bits per heavy atom. The maximum atomic E-state index is 11.8. The van der Waals surface area contributed by atoms with Crippen molar-refractivity contribution in [2.45, 2.75) is 13.0 Å². The molecule has 0 spiro atoms. The van der Waals surface area contributed by atoms with Crippen LogP contribution in [0.25, 0.3) is 5.78 Å². The predicted octanol–water partition coefficient (Wildman–Crippen LogP) is 0.225. The molecule has 1 unspecified atom stereocenters. The van der Waals surface area contributed by atoms with E-state index in [1.165, 1.54) is 4.52 Å². The van der Waals surface area contributed by atoms with Crippen molar-refractivity contribution >= 4 is 27.6 Å². The number of carbonyl (C=O) groups is 1. The monoisotopic (exact) mass is 312 g/mol. The van der Waals surface area contributed by atoms with Crippen LogP contribution >= 0.6 is 15.9 Å². The average molecular weight is 313 g/mol. The number of carbonyl (C=O) groups excluding carboxylic acids is 1. The summed E-state index contributed by atoms with van der Waals surface area (Å²) in [6, 6.07) is 0.193. The van der Waals surface area contributed by atoms with Gasteiger partial charge in [0.1, 0.15) is 0 Å². The standard InChI is InChI=1S/C10H13BrN6O/c1-6(12-2)3-13-9(18)8-15-10-14-4-7(11)5-17(10)16-8/h4-6,12H,3H2,1-2H3,(H,13,18). The molecule has 1 atom stereocenters. The number of halogens is 1. The fourth-order valence-electron chi connectivity index (χ4n) is 1.28. The van der Waals surface area contributed by atoms with Crippen LogP contribution in [0.2, 0.25) is 0 Å². The van der Waals surface area contributed by atoms with Gasteiger partial charge in [0.05, 0.1) is 4.47 Å². The topological polar surface area (TPSA) is 84.2 Å². The third-order valence-corrected chi connectivity index (χ3v) is 2.84. The predicted molar refractivity (Wildman–Crippen MR) is 69.3 cm³/mol. The van der Waals surface area contributed by atoms with E-state index in [1.807, 2.05) is 14.0 Å². The van der Waals surface area contributed by atoms with Crippen molar-refractivity contribution in [1.29, 1.82) is 0 Å². The zero-order chi connectivity index (χ0) is 13.1. The molecule has 8 heteroatoms. The van der Waals surface area contributed by atoms with Gasteiger partial charge in [-0.25, -0.2) is 9.50 Å². The number of nitrogens with zero attached hydrogens (tertiary/aromatic N) is 4. The zero-order valence-electron chi connectivity index (χ0n) is 10.0. The third-order valence-electron chi connectivity index (χ3n) is 2.43. The molecule has 1 amide bonds. The van der Waals surface area contributed by atoms with Crippen LogP contribution < -0.4 is 10.6 Å². The summed E-state index contributed by atoms with van der Waals surface area (Å²) >= 11 is 3.28. The Labute approximate surface area is 112 Å². The molecule has 0 fully saturated rings. The maximum Gasteiger partial charge on any atom is 0.291 e. The van der Waals surface area contributed by atoms with E-state index < -0.39 is 0 Å². The second-order valence-electron chi connectivity index (χ2n) is 3.85. The van der Waals surface area contributed by atoms with Crippen molar-refractivity contribution in [3.63, 3.8) is 0 Å². The minimum absolute atomic E-state index is 0.115. The molecular weight excluding hydrogens is 300 g/mol. The summed E-state index contributed by atoms with van der Waals surface area (Å²) in [4.78, 5) is 19.9. The summed E-state index contributed by atoms with van der Waals surface area (Å²) in [5.41, 5.74) is 0. The summed E-state index contributed by atoms with van der Waals surface area (Å²) in [5.74, 6) is 0.202. The van der Waals surface area contributed by atoms with E-state index in [4.69, 9.17) is 0 Å². The molecule has 0 saturated carbocycles. The van der Waals surface area contributed by atoms with Crippen LogP contribution in [0.15, 0.2) is 16.9 Å². The van der Waals surface area contributed by atoms with Gasteiger partial charge in [0, 0.05) is 25.0 Å². The lowest BCUT2D eigenvalue weighted by Gasteiger charge is -2.09. The van der Waals surface area contributed by atoms with Gasteiger partial charge >= 0.3 is 0 Å². The molecular formula is C10H13BrN6O. The van der Waals surface area contributed by atoms with E-state index in [0.29, 0.717) is 12.3 Å². The molecule has 0 aliphatic rings. The first kappa shape index (κ1) is 12.9. The molecule has 2 aromatic heterocycles. The normalized spacial score (nSPS) is 12.6. The first-order valence-corrected chi connectivity index (χ1v) is 6.23. The highest BCUT2D eigenvalue weighted by Crippen LogP contribution is 2.07. The van der Waals surface area contributed by atoms with E-state index in [2.05, 4.69) is 41.6 Å². The summed E-state index contributed by atoms with van der Waals surface area (Å²) < 4.78 is 2.23. The van der Waals surface area contributed by atoms with Crippen molar-refractivity contribution in [1.82, 2.24) is 30.2 Å². The van der Waals surface area contributed by atoms with Gasteiger partial charge in [0.2, 0.25) is 5.82 Å². The van der Waals surface area contributed by atoms with E-state index >= 15 is 0 Å². The van der Waals surface area contributed by atoms with Gasteiger partial charge < -0.3 is 10.6 Å².